The van der Waals surface area contributed by atoms with Crippen LogP contribution in [0.3, 0.4) is 0 Å². The van der Waals surface area contributed by atoms with Gasteiger partial charge in [0.2, 0.25) is 11.8 Å². The van der Waals surface area contributed by atoms with Crippen LogP contribution in [0.4, 0.5) is 15.8 Å². The Kier molecular flexibility index (Phi) is 9.88. The number of aromatic nitrogens is 5. The molecule has 8 rings (SSSR count). The van der Waals surface area contributed by atoms with E-state index in [9.17, 15) is 23.6 Å². The van der Waals surface area contributed by atoms with E-state index in [4.69, 9.17) is 9.84 Å². The lowest BCUT2D eigenvalue weighted by atomic mass is 9.85. The van der Waals surface area contributed by atoms with Crippen molar-refractivity contribution < 1.29 is 23.5 Å². The molecule has 3 amide bonds. The fourth-order valence-corrected chi connectivity index (χ4v) is 8.86. The fourth-order valence-electron chi connectivity index (χ4n) is 8.86. The third-order valence-corrected chi connectivity index (χ3v) is 11.8. The van der Waals surface area contributed by atoms with Crippen LogP contribution in [0.25, 0.3) is 21.9 Å². The topological polar surface area (TPSA) is 149 Å². The van der Waals surface area contributed by atoms with E-state index in [1.54, 1.807) is 28.3 Å². The summed E-state index contributed by atoms with van der Waals surface area (Å²) in [5, 5.41) is 10.9. The average Bonchev–Trinajstić information content (AvgIpc) is 3.72. The second-order valence-corrected chi connectivity index (χ2v) is 15.2. The zero-order valence-corrected chi connectivity index (χ0v) is 31.3. The minimum absolute atomic E-state index is 0.211. The molecule has 5 aromatic rings. The van der Waals surface area contributed by atoms with Crippen molar-refractivity contribution in [2.75, 3.05) is 44.0 Å². The van der Waals surface area contributed by atoms with E-state index in [0.717, 1.165) is 80.3 Å². The first-order valence-electron chi connectivity index (χ1n) is 19.1. The standard InChI is InChI=1S/C40H46FN9O5/c1-46(26-15-18-48(19-16-26)31-7-4-8-32-37(31)47(2)40(54)50(32)33-13-14-35(51)44-38(33)52)22-24-9-11-27(12-10-24)49-23-25-20-30(34(55-3)21-29(25)45-49)43-39(53)36-28(41)6-5-17-42-36/h4-8,17,20-21,23-24,26-27,33H,9-16,18-19,22H2,1-3H3,(H,43,53)(H,44,51,52). The van der Waals surface area contributed by atoms with Crippen molar-refractivity contribution >= 4 is 51.0 Å². The van der Waals surface area contributed by atoms with Crippen LogP contribution in [0.1, 0.15) is 73.9 Å². The molecule has 3 aliphatic rings. The molecule has 288 valence electrons. The molecule has 1 aliphatic carbocycles. The summed E-state index contributed by atoms with van der Waals surface area (Å²) >= 11 is 0. The number of pyridine rings is 1. The Bertz CT molecular complexity index is 2330. The van der Waals surface area contributed by atoms with Gasteiger partial charge in [-0.15, -0.1) is 0 Å². The van der Waals surface area contributed by atoms with Gasteiger partial charge in [-0.3, -0.25) is 33.5 Å². The fraction of sp³-hybridized carbons (Fsp3) is 0.450. The number of anilines is 2. The van der Waals surface area contributed by atoms with Crippen LogP contribution in [0.15, 0.2) is 59.7 Å². The number of amides is 3. The van der Waals surface area contributed by atoms with Gasteiger partial charge in [0, 0.05) is 63.0 Å². The lowest BCUT2D eigenvalue weighted by Gasteiger charge is -2.40. The average molecular weight is 752 g/mol. The number of nitrogens with one attached hydrogen (secondary N) is 2. The number of aryl methyl sites for hydroxylation is 1. The van der Waals surface area contributed by atoms with Crippen molar-refractivity contribution in [3.8, 4) is 5.75 Å². The van der Waals surface area contributed by atoms with Gasteiger partial charge in [-0.2, -0.15) is 5.10 Å². The molecule has 3 aromatic heterocycles. The Morgan fingerprint density at radius 2 is 1.82 bits per heavy atom. The predicted molar refractivity (Wildman–Crippen MR) is 206 cm³/mol. The number of halogens is 1. The highest BCUT2D eigenvalue weighted by Gasteiger charge is 2.33. The van der Waals surface area contributed by atoms with Crippen LogP contribution >= 0.6 is 0 Å². The second kappa shape index (κ2) is 14.9. The molecular weight excluding hydrogens is 705 g/mol. The summed E-state index contributed by atoms with van der Waals surface area (Å²) < 4.78 is 24.9. The van der Waals surface area contributed by atoms with E-state index in [-0.39, 0.29) is 29.8 Å². The number of para-hydroxylation sites is 1. The Morgan fingerprint density at radius 3 is 2.55 bits per heavy atom. The van der Waals surface area contributed by atoms with Gasteiger partial charge in [0.25, 0.3) is 5.91 Å². The van der Waals surface area contributed by atoms with Crippen LogP contribution in [-0.4, -0.2) is 86.4 Å². The van der Waals surface area contributed by atoms with Crippen LogP contribution in [0.5, 0.6) is 5.75 Å². The molecule has 3 fully saturated rings. The maximum atomic E-state index is 14.2. The molecule has 1 unspecified atom stereocenters. The summed E-state index contributed by atoms with van der Waals surface area (Å²) in [6.07, 6.45) is 10.2. The number of ether oxygens (including phenoxy) is 1. The lowest BCUT2D eigenvalue weighted by Crippen LogP contribution is -2.45. The van der Waals surface area contributed by atoms with Crippen LogP contribution in [0.2, 0.25) is 0 Å². The molecular formula is C40H46FN9O5. The summed E-state index contributed by atoms with van der Waals surface area (Å²) in [6.45, 7) is 2.76. The Balaban J connectivity index is 0.869. The lowest BCUT2D eigenvalue weighted by molar-refractivity contribution is -0.135. The number of nitrogens with zero attached hydrogens (tertiary/aromatic N) is 7. The maximum absolute atomic E-state index is 14.2. The normalized spacial score (nSPS) is 21.0. The highest BCUT2D eigenvalue weighted by Crippen LogP contribution is 2.37. The summed E-state index contributed by atoms with van der Waals surface area (Å²) in [7, 11) is 5.52. The monoisotopic (exact) mass is 751 g/mol. The highest BCUT2D eigenvalue weighted by atomic mass is 19.1. The maximum Gasteiger partial charge on any atom is 0.329 e. The molecule has 2 N–H and O–H groups in total. The van der Waals surface area contributed by atoms with Crippen LogP contribution in [-0.2, 0) is 16.6 Å². The minimum atomic E-state index is -0.705. The Hall–Kier alpha value is -5.57. The van der Waals surface area contributed by atoms with E-state index in [0.29, 0.717) is 35.3 Å². The number of methoxy groups -OCH3 is 1. The van der Waals surface area contributed by atoms with Crippen molar-refractivity contribution in [3.63, 3.8) is 0 Å². The highest BCUT2D eigenvalue weighted by molar-refractivity contribution is 6.05. The van der Waals surface area contributed by atoms with E-state index in [2.05, 4.69) is 38.5 Å². The summed E-state index contributed by atoms with van der Waals surface area (Å²) in [5.41, 5.74) is 3.17. The van der Waals surface area contributed by atoms with Crippen molar-refractivity contribution in [1.29, 1.82) is 0 Å². The Labute approximate surface area is 317 Å². The number of benzene rings is 2. The van der Waals surface area contributed by atoms with Crippen molar-refractivity contribution in [2.45, 2.75) is 69.5 Å². The number of fused-ring (bicyclic) bond motifs is 2. The molecule has 1 atom stereocenters. The number of piperidine rings is 2. The van der Waals surface area contributed by atoms with E-state index >= 15 is 0 Å². The molecule has 2 saturated heterocycles. The third kappa shape index (κ3) is 6.97. The zero-order valence-electron chi connectivity index (χ0n) is 31.3. The molecule has 0 radical (unpaired) electrons. The summed E-state index contributed by atoms with van der Waals surface area (Å²) in [4.78, 5) is 59.5. The number of hydrogen-bond donors (Lipinski definition) is 2. The van der Waals surface area contributed by atoms with Gasteiger partial charge in [0.1, 0.15) is 11.8 Å². The van der Waals surface area contributed by atoms with Crippen molar-refractivity contribution in [2.24, 2.45) is 13.0 Å². The van der Waals surface area contributed by atoms with Crippen molar-refractivity contribution in [3.05, 3.63) is 76.9 Å². The first-order chi connectivity index (χ1) is 26.6. The first-order valence-corrected chi connectivity index (χ1v) is 19.1. The number of rotatable bonds is 9. The van der Waals surface area contributed by atoms with Crippen molar-refractivity contribution in [1.82, 2.24) is 34.1 Å². The van der Waals surface area contributed by atoms with Gasteiger partial charge >= 0.3 is 5.69 Å². The van der Waals surface area contributed by atoms with E-state index in [1.807, 2.05) is 23.0 Å². The number of hydrogen-bond acceptors (Lipinski definition) is 9. The molecule has 1 saturated carbocycles. The third-order valence-electron chi connectivity index (χ3n) is 11.8. The van der Waals surface area contributed by atoms with E-state index in [1.165, 1.54) is 25.4 Å². The van der Waals surface area contributed by atoms with Gasteiger partial charge in [-0.05, 0) is 88.2 Å². The SMILES string of the molecule is COc1cc2nn(C3CCC(CN(C)C4CCN(c5cccc6c5n(C)c(=O)n6C5CCC(=O)NC5=O)CC4)CC3)cc2cc1NC(=O)c1ncccc1F. The van der Waals surface area contributed by atoms with E-state index < -0.39 is 23.7 Å². The zero-order chi connectivity index (χ0) is 38.4. The molecule has 55 heavy (non-hydrogen) atoms. The first kappa shape index (κ1) is 36.4. The molecule has 0 spiro atoms. The number of imidazole rings is 1. The van der Waals surface area contributed by atoms with Gasteiger partial charge < -0.3 is 19.9 Å². The van der Waals surface area contributed by atoms with Gasteiger partial charge in [0.15, 0.2) is 11.5 Å². The molecule has 15 heteroatoms. The number of imide groups is 1. The second-order valence-electron chi connectivity index (χ2n) is 15.2. The quantitative estimate of drug-likeness (QED) is 0.203. The number of carbonyl (C=O) groups is 3. The van der Waals surface area contributed by atoms with Crippen LogP contribution < -0.4 is 26.0 Å². The molecule has 2 aliphatic heterocycles. The molecule has 2 aromatic carbocycles. The minimum Gasteiger partial charge on any atom is -0.494 e. The summed E-state index contributed by atoms with van der Waals surface area (Å²) in [5.74, 6) is -1.04. The Morgan fingerprint density at radius 1 is 1.04 bits per heavy atom. The van der Waals surface area contributed by atoms with Gasteiger partial charge in [-0.1, -0.05) is 6.07 Å². The predicted octanol–water partition coefficient (Wildman–Crippen LogP) is 4.79. The molecule has 5 heterocycles. The summed E-state index contributed by atoms with van der Waals surface area (Å²) in [6, 6.07) is 12.2. The van der Waals surface area contributed by atoms with Gasteiger partial charge in [-0.25, -0.2) is 14.2 Å². The van der Waals surface area contributed by atoms with Crippen LogP contribution in [0, 0.1) is 11.7 Å². The molecule has 0 bridgehead atoms. The number of carbonyl (C=O) groups excluding carboxylic acids is 3. The largest absolute Gasteiger partial charge is 0.494 e. The molecule has 14 nitrogen and oxygen atoms in total. The van der Waals surface area contributed by atoms with Gasteiger partial charge in [0.05, 0.1) is 41.1 Å². The smallest absolute Gasteiger partial charge is 0.329 e.